The molecule has 0 amide bonds. The average molecular weight is 248 g/mol. The van der Waals surface area contributed by atoms with Crippen LogP contribution in [0.3, 0.4) is 0 Å². The van der Waals surface area contributed by atoms with Crippen molar-refractivity contribution in [3.8, 4) is 10.7 Å². The Balaban J connectivity index is 1.92. The number of carbonyl (C=O) groups is 1. The maximum absolute atomic E-state index is 11.0. The quantitative estimate of drug-likeness (QED) is 0.857. The number of H-pyrrole nitrogens is 1. The highest BCUT2D eigenvalue weighted by Crippen LogP contribution is 2.28. The van der Waals surface area contributed by atoms with Gasteiger partial charge in [0.05, 0.1) is 16.5 Å². The number of aromatic amines is 1. The van der Waals surface area contributed by atoms with E-state index in [0.29, 0.717) is 12.8 Å². The number of rotatable bonds is 2. The number of fused-ring (bicyclic) bond motifs is 1. The summed E-state index contributed by atoms with van der Waals surface area (Å²) in [6.45, 7) is 0. The topological polar surface area (TPSA) is 66.0 Å². The van der Waals surface area contributed by atoms with Gasteiger partial charge in [-0.2, -0.15) is 0 Å². The van der Waals surface area contributed by atoms with Gasteiger partial charge in [-0.05, 0) is 24.3 Å². The lowest BCUT2D eigenvalue weighted by atomic mass is 9.90. The van der Waals surface area contributed by atoms with Gasteiger partial charge in [0.15, 0.2) is 0 Å². The molecule has 0 radical (unpaired) electrons. The number of thiophene rings is 1. The summed E-state index contributed by atoms with van der Waals surface area (Å²) in [6.07, 6.45) is 2.02. The molecule has 5 heteroatoms. The van der Waals surface area contributed by atoms with Gasteiger partial charge in [-0.3, -0.25) is 4.79 Å². The molecule has 2 aromatic rings. The van der Waals surface area contributed by atoms with Gasteiger partial charge in [-0.1, -0.05) is 6.07 Å². The van der Waals surface area contributed by atoms with Gasteiger partial charge in [0.2, 0.25) is 0 Å². The Labute approximate surface area is 102 Å². The van der Waals surface area contributed by atoms with E-state index in [0.717, 1.165) is 28.5 Å². The fraction of sp³-hybridized carbons (Fsp3) is 0.333. The van der Waals surface area contributed by atoms with Crippen molar-refractivity contribution in [3.63, 3.8) is 0 Å². The third-order valence-corrected chi connectivity index (χ3v) is 4.02. The van der Waals surface area contributed by atoms with E-state index in [-0.39, 0.29) is 5.92 Å². The molecule has 2 N–H and O–H groups in total. The lowest BCUT2D eigenvalue weighted by molar-refractivity contribution is -0.142. The highest BCUT2D eigenvalue weighted by molar-refractivity contribution is 7.13. The Morgan fingerprint density at radius 1 is 1.59 bits per heavy atom. The fourth-order valence-corrected chi connectivity index (χ4v) is 2.89. The number of hydrogen-bond donors (Lipinski definition) is 2. The van der Waals surface area contributed by atoms with Crippen LogP contribution < -0.4 is 0 Å². The first-order valence-electron chi connectivity index (χ1n) is 5.58. The summed E-state index contributed by atoms with van der Waals surface area (Å²) in [7, 11) is 0. The van der Waals surface area contributed by atoms with Crippen molar-refractivity contribution >= 4 is 17.3 Å². The third-order valence-electron chi connectivity index (χ3n) is 3.15. The van der Waals surface area contributed by atoms with Crippen LogP contribution in [0.2, 0.25) is 0 Å². The Bertz CT molecular complexity index is 545. The molecule has 0 saturated heterocycles. The third kappa shape index (κ3) is 1.86. The Hall–Kier alpha value is -1.62. The van der Waals surface area contributed by atoms with E-state index in [1.807, 2.05) is 17.5 Å². The zero-order chi connectivity index (χ0) is 11.8. The first-order valence-corrected chi connectivity index (χ1v) is 6.46. The maximum atomic E-state index is 11.0. The molecule has 1 aliphatic rings. The van der Waals surface area contributed by atoms with Crippen LogP contribution in [-0.4, -0.2) is 21.0 Å². The van der Waals surface area contributed by atoms with E-state index in [1.165, 1.54) is 0 Å². The van der Waals surface area contributed by atoms with Crippen molar-refractivity contribution < 1.29 is 9.90 Å². The number of nitrogens with one attached hydrogen (secondary N) is 1. The van der Waals surface area contributed by atoms with Crippen molar-refractivity contribution in [2.24, 2.45) is 5.92 Å². The molecule has 0 aromatic carbocycles. The van der Waals surface area contributed by atoms with Gasteiger partial charge in [0.1, 0.15) is 5.82 Å². The summed E-state index contributed by atoms with van der Waals surface area (Å²) >= 11 is 1.64. The van der Waals surface area contributed by atoms with Crippen molar-refractivity contribution in [1.29, 1.82) is 0 Å². The van der Waals surface area contributed by atoms with Crippen LogP contribution in [0.5, 0.6) is 0 Å². The van der Waals surface area contributed by atoms with Crippen LogP contribution in [0.15, 0.2) is 17.5 Å². The van der Waals surface area contributed by atoms with Gasteiger partial charge >= 0.3 is 5.97 Å². The molecule has 1 aliphatic carbocycles. The molecular formula is C12H12N2O2S. The van der Waals surface area contributed by atoms with E-state index >= 15 is 0 Å². The van der Waals surface area contributed by atoms with Crippen molar-refractivity contribution in [1.82, 2.24) is 9.97 Å². The summed E-state index contributed by atoms with van der Waals surface area (Å²) in [5, 5.41) is 11.0. The minimum Gasteiger partial charge on any atom is -0.481 e. The van der Waals surface area contributed by atoms with Crippen molar-refractivity contribution in [2.75, 3.05) is 0 Å². The van der Waals surface area contributed by atoms with E-state index in [1.54, 1.807) is 11.3 Å². The number of hydrogen-bond acceptors (Lipinski definition) is 3. The molecule has 0 fully saturated rings. The smallest absolute Gasteiger partial charge is 0.306 e. The molecule has 1 atom stereocenters. The molecule has 17 heavy (non-hydrogen) atoms. The molecule has 3 rings (SSSR count). The Kier molecular flexibility index (Phi) is 2.48. The van der Waals surface area contributed by atoms with Crippen molar-refractivity contribution in [3.05, 3.63) is 28.9 Å². The van der Waals surface area contributed by atoms with Gasteiger partial charge < -0.3 is 10.1 Å². The second-order valence-corrected chi connectivity index (χ2v) is 5.21. The molecule has 2 heterocycles. The molecule has 0 saturated carbocycles. The summed E-state index contributed by atoms with van der Waals surface area (Å²) < 4.78 is 0. The summed E-state index contributed by atoms with van der Waals surface area (Å²) in [5.41, 5.74) is 2.03. The largest absolute Gasteiger partial charge is 0.481 e. The van der Waals surface area contributed by atoms with Crippen molar-refractivity contribution in [2.45, 2.75) is 19.3 Å². The molecule has 0 bridgehead atoms. The Morgan fingerprint density at radius 3 is 3.18 bits per heavy atom. The molecule has 2 aromatic heterocycles. The molecule has 0 spiro atoms. The minimum absolute atomic E-state index is 0.265. The highest BCUT2D eigenvalue weighted by Gasteiger charge is 2.27. The number of aryl methyl sites for hydroxylation is 1. The normalized spacial score (nSPS) is 18.9. The van der Waals surface area contributed by atoms with Gasteiger partial charge in [-0.15, -0.1) is 11.3 Å². The summed E-state index contributed by atoms with van der Waals surface area (Å²) in [5.74, 6) is -0.0990. The number of carboxylic acids is 1. The standard InChI is InChI=1S/C12H12N2O2S/c15-12(16)7-3-4-8-9(6-7)14-11(13-8)10-2-1-5-17-10/h1-2,5,7H,3-4,6H2,(H,13,14)(H,15,16). The molecule has 4 nitrogen and oxygen atoms in total. The second-order valence-electron chi connectivity index (χ2n) is 4.27. The zero-order valence-electron chi connectivity index (χ0n) is 9.14. The fourth-order valence-electron chi connectivity index (χ4n) is 2.22. The number of aromatic nitrogens is 2. The lowest BCUT2D eigenvalue weighted by Crippen LogP contribution is -2.22. The second kappa shape index (κ2) is 4.00. The van der Waals surface area contributed by atoms with Crippen LogP contribution in [0, 0.1) is 5.92 Å². The van der Waals surface area contributed by atoms with E-state index in [9.17, 15) is 4.79 Å². The average Bonchev–Trinajstić information content (AvgIpc) is 2.96. The number of nitrogens with zero attached hydrogens (tertiary/aromatic N) is 1. The number of aliphatic carboxylic acids is 1. The molecule has 0 aliphatic heterocycles. The minimum atomic E-state index is -0.706. The van der Waals surface area contributed by atoms with Crippen LogP contribution in [0.4, 0.5) is 0 Å². The first kappa shape index (κ1) is 10.5. The van der Waals surface area contributed by atoms with Crippen LogP contribution in [0.25, 0.3) is 10.7 Å². The number of imidazole rings is 1. The van der Waals surface area contributed by atoms with Crippen LogP contribution >= 0.6 is 11.3 Å². The zero-order valence-corrected chi connectivity index (χ0v) is 9.96. The highest BCUT2D eigenvalue weighted by atomic mass is 32.1. The van der Waals surface area contributed by atoms with Gasteiger partial charge in [0, 0.05) is 12.1 Å². The first-order chi connectivity index (χ1) is 8.24. The lowest BCUT2D eigenvalue weighted by Gasteiger charge is -2.16. The summed E-state index contributed by atoms with van der Waals surface area (Å²) in [6, 6.07) is 4.01. The van der Waals surface area contributed by atoms with Crippen LogP contribution in [-0.2, 0) is 17.6 Å². The van der Waals surface area contributed by atoms with Gasteiger partial charge in [0.25, 0.3) is 0 Å². The predicted octanol–water partition coefficient (Wildman–Crippen LogP) is 2.33. The maximum Gasteiger partial charge on any atom is 0.306 e. The number of carboxylic acid groups (broad SMARTS) is 1. The van der Waals surface area contributed by atoms with Crippen LogP contribution in [0.1, 0.15) is 17.8 Å². The van der Waals surface area contributed by atoms with Gasteiger partial charge in [-0.25, -0.2) is 4.98 Å². The van der Waals surface area contributed by atoms with E-state index in [2.05, 4.69) is 9.97 Å². The monoisotopic (exact) mass is 248 g/mol. The predicted molar refractivity (Wildman–Crippen MR) is 65.1 cm³/mol. The Morgan fingerprint density at radius 2 is 2.47 bits per heavy atom. The molecule has 1 unspecified atom stereocenters. The summed E-state index contributed by atoms with van der Waals surface area (Å²) in [4.78, 5) is 19.9. The SMILES string of the molecule is O=C(O)C1CCc2nc(-c3cccs3)[nH]c2C1. The van der Waals surface area contributed by atoms with E-state index in [4.69, 9.17) is 5.11 Å². The molecule has 88 valence electrons. The molecular weight excluding hydrogens is 236 g/mol. The van der Waals surface area contributed by atoms with E-state index < -0.39 is 5.97 Å².